The van der Waals surface area contributed by atoms with Crippen LogP contribution in [0.4, 0.5) is 0 Å². The first kappa shape index (κ1) is 5.88. The van der Waals surface area contributed by atoms with Crippen LogP contribution in [0.15, 0.2) is 45.4 Å². The largest absolute Gasteiger partial charge is 0.317 e. The molecule has 0 fully saturated rings. The van der Waals surface area contributed by atoms with Gasteiger partial charge in [0.05, 0.1) is 18.1 Å². The van der Waals surface area contributed by atoms with Crippen molar-refractivity contribution in [2.24, 2.45) is 15.2 Å². The molecule has 0 N–H and O–H groups in total. The van der Waals surface area contributed by atoms with Gasteiger partial charge in [0.2, 0.25) is 0 Å². The number of rotatable bonds is 0. The molecule has 1 aromatic rings. The first-order valence-corrected chi connectivity index (χ1v) is 3.76. The second kappa shape index (κ2) is 1.91. The van der Waals surface area contributed by atoms with E-state index in [4.69, 9.17) is 0 Å². The van der Waals surface area contributed by atoms with Gasteiger partial charge in [-0.25, -0.2) is 0 Å². The van der Waals surface area contributed by atoms with Crippen molar-refractivity contribution in [3.63, 3.8) is 0 Å². The Morgan fingerprint density at radius 3 is 3.42 bits per heavy atom. The van der Waals surface area contributed by atoms with E-state index in [1.807, 2.05) is 24.5 Å². The monoisotopic (exact) mass is 158 g/mol. The van der Waals surface area contributed by atoms with Crippen molar-refractivity contribution >= 4 is 6.21 Å². The molecule has 1 unspecified atom stereocenters. The van der Waals surface area contributed by atoms with Crippen molar-refractivity contribution in [3.05, 3.63) is 35.9 Å². The highest BCUT2D eigenvalue weighted by Gasteiger charge is 2.23. The van der Waals surface area contributed by atoms with Crippen LogP contribution in [0.25, 0.3) is 0 Å². The Balaban J connectivity index is 2.26. The van der Waals surface area contributed by atoms with E-state index in [0.29, 0.717) is 0 Å². The number of azo groups is 1. The van der Waals surface area contributed by atoms with E-state index in [1.165, 1.54) is 0 Å². The molecule has 58 valence electrons. The average molecular weight is 158 g/mol. The summed E-state index contributed by atoms with van der Waals surface area (Å²) in [5.74, 6) is 0. The van der Waals surface area contributed by atoms with Crippen LogP contribution in [0.1, 0.15) is 11.9 Å². The van der Waals surface area contributed by atoms with Gasteiger partial charge in [0.25, 0.3) is 0 Å². The molecule has 1 aromatic heterocycles. The van der Waals surface area contributed by atoms with Gasteiger partial charge in [-0.05, 0) is 12.1 Å². The fraction of sp³-hybridized carbons (Fsp3) is 0.125. The highest BCUT2D eigenvalue weighted by Crippen LogP contribution is 2.30. The Labute approximate surface area is 69.0 Å². The van der Waals surface area contributed by atoms with Crippen molar-refractivity contribution < 1.29 is 0 Å². The summed E-state index contributed by atoms with van der Waals surface area (Å²) in [5, 5.41) is 7.89. The predicted molar refractivity (Wildman–Crippen MR) is 44.0 cm³/mol. The summed E-state index contributed by atoms with van der Waals surface area (Å²) in [6.45, 7) is 0. The molecule has 3 heterocycles. The second-order valence-corrected chi connectivity index (χ2v) is 2.76. The number of aliphatic imine (C=N–C) groups is 1. The number of hydrogen-bond donors (Lipinski definition) is 0. The fourth-order valence-electron chi connectivity index (χ4n) is 1.46. The summed E-state index contributed by atoms with van der Waals surface area (Å²) in [4.78, 5) is 4.23. The van der Waals surface area contributed by atoms with Gasteiger partial charge in [0, 0.05) is 6.20 Å². The third-order valence-electron chi connectivity index (χ3n) is 2.05. The normalized spacial score (nSPS) is 23.7. The van der Waals surface area contributed by atoms with Gasteiger partial charge >= 0.3 is 0 Å². The molecular weight excluding hydrogens is 152 g/mol. The van der Waals surface area contributed by atoms with Crippen molar-refractivity contribution in [2.45, 2.75) is 6.17 Å². The lowest BCUT2D eigenvalue weighted by atomic mass is 10.3. The van der Waals surface area contributed by atoms with Crippen molar-refractivity contribution in [2.75, 3.05) is 0 Å². The molecule has 0 saturated carbocycles. The topological polar surface area (TPSA) is 42.0 Å². The maximum absolute atomic E-state index is 4.23. The predicted octanol–water partition coefficient (Wildman–Crippen LogP) is 1.73. The summed E-state index contributed by atoms with van der Waals surface area (Å²) >= 11 is 0. The highest BCUT2D eigenvalue weighted by molar-refractivity contribution is 5.80. The number of nitrogens with zero attached hydrogens (tertiary/aromatic N) is 4. The minimum absolute atomic E-state index is 0.0139. The van der Waals surface area contributed by atoms with E-state index in [2.05, 4.69) is 19.8 Å². The molecule has 0 bridgehead atoms. The van der Waals surface area contributed by atoms with Gasteiger partial charge in [-0.2, -0.15) is 10.2 Å². The Morgan fingerprint density at radius 1 is 1.42 bits per heavy atom. The highest BCUT2D eigenvalue weighted by atomic mass is 15.3. The molecule has 2 aliphatic heterocycles. The van der Waals surface area contributed by atoms with Crippen LogP contribution < -0.4 is 0 Å². The lowest BCUT2D eigenvalue weighted by molar-refractivity contribution is 0.583. The molecule has 3 rings (SSSR count). The zero-order valence-corrected chi connectivity index (χ0v) is 6.25. The fourth-order valence-corrected chi connectivity index (χ4v) is 1.46. The van der Waals surface area contributed by atoms with E-state index < -0.39 is 0 Å². The van der Waals surface area contributed by atoms with Gasteiger partial charge in [-0.15, -0.1) is 0 Å². The first-order chi connectivity index (χ1) is 5.95. The summed E-state index contributed by atoms with van der Waals surface area (Å²) in [6.07, 6.45) is 5.51. The van der Waals surface area contributed by atoms with E-state index in [0.717, 1.165) is 11.4 Å². The first-order valence-electron chi connectivity index (χ1n) is 3.76. The Bertz CT molecular complexity index is 410. The van der Waals surface area contributed by atoms with Crippen LogP contribution >= 0.6 is 0 Å². The lowest BCUT2D eigenvalue weighted by Gasteiger charge is -2.15. The molecule has 0 amide bonds. The van der Waals surface area contributed by atoms with Crippen LogP contribution in [0.2, 0.25) is 0 Å². The Kier molecular flexibility index (Phi) is 0.935. The molecule has 0 aliphatic carbocycles. The van der Waals surface area contributed by atoms with E-state index in [9.17, 15) is 0 Å². The number of hydrogen-bond acceptors (Lipinski definition) is 3. The summed E-state index contributed by atoms with van der Waals surface area (Å²) in [7, 11) is 0. The van der Waals surface area contributed by atoms with E-state index in [-0.39, 0.29) is 6.17 Å². The van der Waals surface area contributed by atoms with E-state index >= 15 is 0 Å². The Hall–Kier alpha value is -1.71. The standard InChI is InChI=1S/C8H6N4/c1-2-6-4-9-7-5-10-11-8(7)12(6)3-1/h1-5,8H. The zero-order valence-electron chi connectivity index (χ0n) is 6.25. The molecule has 2 aliphatic rings. The molecule has 0 saturated heterocycles. The second-order valence-electron chi connectivity index (χ2n) is 2.76. The molecule has 4 nitrogen and oxygen atoms in total. The van der Waals surface area contributed by atoms with Gasteiger partial charge in [0.1, 0.15) is 5.70 Å². The average Bonchev–Trinajstić information content (AvgIpc) is 2.71. The smallest absolute Gasteiger partial charge is 0.190 e. The number of aromatic nitrogens is 1. The number of fused-ring (bicyclic) bond motifs is 3. The van der Waals surface area contributed by atoms with Crippen LogP contribution in [0.3, 0.4) is 0 Å². The molecule has 0 aromatic carbocycles. The van der Waals surface area contributed by atoms with Gasteiger partial charge in [0.15, 0.2) is 6.17 Å². The third-order valence-corrected chi connectivity index (χ3v) is 2.05. The summed E-state index contributed by atoms with van der Waals surface area (Å²) < 4.78 is 2.05. The van der Waals surface area contributed by atoms with Crippen LogP contribution in [-0.4, -0.2) is 10.8 Å². The van der Waals surface area contributed by atoms with E-state index in [1.54, 1.807) is 6.20 Å². The SMILES string of the molecule is C1=NC2=CN=NC2n2cccc21. The molecule has 4 heteroatoms. The maximum atomic E-state index is 4.23. The van der Waals surface area contributed by atoms with Crippen molar-refractivity contribution in [1.29, 1.82) is 0 Å². The molecule has 0 radical (unpaired) electrons. The zero-order chi connectivity index (χ0) is 7.97. The quantitative estimate of drug-likeness (QED) is 0.551. The molecule has 12 heavy (non-hydrogen) atoms. The molecule has 0 spiro atoms. The van der Waals surface area contributed by atoms with Crippen molar-refractivity contribution in [3.8, 4) is 0 Å². The maximum Gasteiger partial charge on any atom is 0.190 e. The van der Waals surface area contributed by atoms with Crippen LogP contribution in [-0.2, 0) is 0 Å². The van der Waals surface area contributed by atoms with Gasteiger partial charge < -0.3 is 4.57 Å². The third kappa shape index (κ3) is 0.592. The minimum atomic E-state index is -0.0139. The minimum Gasteiger partial charge on any atom is -0.317 e. The summed E-state index contributed by atoms with van der Waals surface area (Å²) in [6, 6.07) is 3.99. The van der Waals surface area contributed by atoms with Crippen molar-refractivity contribution in [1.82, 2.24) is 4.57 Å². The van der Waals surface area contributed by atoms with Gasteiger partial charge in [-0.1, -0.05) is 0 Å². The summed E-state index contributed by atoms with van der Waals surface area (Å²) in [5.41, 5.74) is 2.00. The Morgan fingerprint density at radius 2 is 2.42 bits per heavy atom. The van der Waals surface area contributed by atoms with Gasteiger partial charge in [-0.3, -0.25) is 4.99 Å². The van der Waals surface area contributed by atoms with Crippen LogP contribution in [0, 0.1) is 0 Å². The van der Waals surface area contributed by atoms with Crippen LogP contribution in [0.5, 0.6) is 0 Å². The molecule has 1 atom stereocenters. The lowest BCUT2D eigenvalue weighted by Crippen LogP contribution is -2.12. The molecular formula is C8H6N4.